The molecule has 1 aliphatic rings. The van der Waals surface area contributed by atoms with Crippen LogP contribution in [0.1, 0.15) is 34.8 Å². The summed E-state index contributed by atoms with van der Waals surface area (Å²) in [7, 11) is 0. The molecule has 2 heterocycles. The lowest BCUT2D eigenvalue weighted by molar-refractivity contribution is 0.102. The number of anilines is 1. The molecule has 0 atom stereocenters. The first-order chi connectivity index (χ1) is 12.8. The molecule has 5 heteroatoms. The van der Waals surface area contributed by atoms with Crippen molar-refractivity contribution in [2.75, 3.05) is 18.4 Å². The second kappa shape index (κ2) is 7.81. The zero-order valence-electron chi connectivity index (χ0n) is 14.4. The lowest BCUT2D eigenvalue weighted by atomic mass is 9.89. The van der Waals surface area contributed by atoms with Gasteiger partial charge in [-0.25, -0.2) is 4.98 Å². The van der Waals surface area contributed by atoms with Crippen molar-refractivity contribution in [3.8, 4) is 10.6 Å². The lowest BCUT2D eigenvalue weighted by Crippen LogP contribution is -2.27. The Labute approximate surface area is 157 Å². The van der Waals surface area contributed by atoms with Crippen LogP contribution in [0.25, 0.3) is 10.6 Å². The molecule has 1 aromatic heterocycles. The predicted molar refractivity (Wildman–Crippen MR) is 107 cm³/mol. The van der Waals surface area contributed by atoms with Gasteiger partial charge >= 0.3 is 0 Å². The molecule has 0 bridgehead atoms. The van der Waals surface area contributed by atoms with Crippen LogP contribution in [-0.4, -0.2) is 24.0 Å². The van der Waals surface area contributed by atoms with Crippen LogP contribution in [0.3, 0.4) is 0 Å². The quantitative estimate of drug-likeness (QED) is 0.716. The number of hydrogen-bond donors (Lipinski definition) is 2. The number of nitrogens with zero attached hydrogens (tertiary/aromatic N) is 1. The first-order valence-electron chi connectivity index (χ1n) is 8.93. The third kappa shape index (κ3) is 3.69. The Morgan fingerprint density at radius 2 is 1.77 bits per heavy atom. The Hall–Kier alpha value is -2.50. The summed E-state index contributed by atoms with van der Waals surface area (Å²) in [6.07, 6.45) is 2.20. The SMILES string of the molecule is O=C(Nc1ccccc1C1CCNCC1)c1csc(-c2ccccc2)n1. The summed E-state index contributed by atoms with van der Waals surface area (Å²) in [6.45, 7) is 2.05. The zero-order chi connectivity index (χ0) is 17.8. The highest BCUT2D eigenvalue weighted by Gasteiger charge is 2.20. The molecule has 3 aromatic rings. The fourth-order valence-corrected chi connectivity index (χ4v) is 4.18. The van der Waals surface area contributed by atoms with Crippen LogP contribution in [0.4, 0.5) is 5.69 Å². The number of carbonyl (C=O) groups excluding carboxylic acids is 1. The number of nitrogens with one attached hydrogen (secondary N) is 2. The molecule has 4 nitrogen and oxygen atoms in total. The number of benzene rings is 2. The summed E-state index contributed by atoms with van der Waals surface area (Å²) in [5.74, 6) is 0.341. The monoisotopic (exact) mass is 363 g/mol. The van der Waals surface area contributed by atoms with Crippen LogP contribution < -0.4 is 10.6 Å². The number of rotatable bonds is 4. The van der Waals surface area contributed by atoms with Crippen molar-refractivity contribution in [1.82, 2.24) is 10.3 Å². The van der Waals surface area contributed by atoms with Crippen LogP contribution in [-0.2, 0) is 0 Å². The average molecular weight is 363 g/mol. The van der Waals surface area contributed by atoms with E-state index in [1.165, 1.54) is 16.9 Å². The van der Waals surface area contributed by atoms with Gasteiger partial charge < -0.3 is 10.6 Å². The summed E-state index contributed by atoms with van der Waals surface area (Å²) in [6, 6.07) is 18.1. The molecular weight excluding hydrogens is 342 g/mol. The van der Waals surface area contributed by atoms with Gasteiger partial charge in [0.2, 0.25) is 0 Å². The van der Waals surface area contributed by atoms with Gasteiger partial charge in [0.05, 0.1) is 0 Å². The maximum absolute atomic E-state index is 12.7. The molecule has 2 aromatic carbocycles. The Morgan fingerprint density at radius 1 is 1.04 bits per heavy atom. The summed E-state index contributed by atoms with van der Waals surface area (Å²) in [5, 5.41) is 9.15. The molecule has 1 saturated heterocycles. The molecule has 0 unspecified atom stereocenters. The second-order valence-electron chi connectivity index (χ2n) is 6.47. The van der Waals surface area contributed by atoms with Crippen LogP contribution in [0.5, 0.6) is 0 Å². The molecule has 0 spiro atoms. The van der Waals surface area contributed by atoms with Gasteiger partial charge in [0.1, 0.15) is 10.7 Å². The van der Waals surface area contributed by atoms with Gasteiger partial charge in [0.25, 0.3) is 5.91 Å². The fraction of sp³-hybridized carbons (Fsp3) is 0.238. The average Bonchev–Trinajstić information content (AvgIpc) is 3.20. The van der Waals surface area contributed by atoms with E-state index < -0.39 is 0 Å². The molecule has 1 amide bonds. The lowest BCUT2D eigenvalue weighted by Gasteiger charge is -2.25. The summed E-state index contributed by atoms with van der Waals surface area (Å²) in [4.78, 5) is 17.2. The number of hydrogen-bond acceptors (Lipinski definition) is 4. The molecule has 4 rings (SSSR count). The molecule has 132 valence electrons. The van der Waals surface area contributed by atoms with Crippen LogP contribution in [0, 0.1) is 0 Å². The van der Waals surface area contributed by atoms with Crippen LogP contribution in [0.2, 0.25) is 0 Å². The number of para-hydroxylation sites is 1. The van der Waals surface area contributed by atoms with E-state index in [1.54, 1.807) is 0 Å². The van der Waals surface area contributed by atoms with E-state index in [0.29, 0.717) is 11.6 Å². The van der Waals surface area contributed by atoms with E-state index in [2.05, 4.69) is 21.7 Å². The summed E-state index contributed by atoms with van der Waals surface area (Å²) >= 11 is 1.49. The van der Waals surface area contributed by atoms with Gasteiger partial charge in [-0.05, 0) is 43.5 Å². The minimum absolute atomic E-state index is 0.148. The minimum atomic E-state index is -0.148. The van der Waals surface area contributed by atoms with Crippen LogP contribution >= 0.6 is 11.3 Å². The second-order valence-corrected chi connectivity index (χ2v) is 7.33. The Bertz CT molecular complexity index is 885. The third-order valence-electron chi connectivity index (χ3n) is 4.75. The molecule has 0 saturated carbocycles. The van der Waals surface area contributed by atoms with E-state index in [-0.39, 0.29) is 5.91 Å². The number of carbonyl (C=O) groups is 1. The van der Waals surface area contributed by atoms with Gasteiger partial charge in [-0.15, -0.1) is 11.3 Å². The Balaban J connectivity index is 1.53. The van der Waals surface area contributed by atoms with Crippen molar-refractivity contribution in [2.24, 2.45) is 0 Å². The Morgan fingerprint density at radius 3 is 2.58 bits per heavy atom. The van der Waals surface area contributed by atoms with E-state index in [4.69, 9.17) is 0 Å². The summed E-state index contributed by atoms with van der Waals surface area (Å²) < 4.78 is 0. The van der Waals surface area contributed by atoms with Gasteiger partial charge in [0.15, 0.2) is 0 Å². The van der Waals surface area contributed by atoms with E-state index in [9.17, 15) is 4.79 Å². The van der Waals surface area contributed by atoms with Gasteiger partial charge in [-0.3, -0.25) is 4.79 Å². The molecule has 0 radical (unpaired) electrons. The molecule has 26 heavy (non-hydrogen) atoms. The predicted octanol–water partition coefficient (Wildman–Crippen LogP) is 4.53. The first-order valence-corrected chi connectivity index (χ1v) is 9.81. The van der Waals surface area contributed by atoms with Gasteiger partial charge in [-0.1, -0.05) is 48.5 Å². The minimum Gasteiger partial charge on any atom is -0.320 e. The van der Waals surface area contributed by atoms with E-state index in [1.807, 2.05) is 53.9 Å². The van der Waals surface area contributed by atoms with Crippen molar-refractivity contribution in [2.45, 2.75) is 18.8 Å². The standard InChI is InChI=1S/C21H21N3OS/c25-20(19-14-26-21(24-19)16-6-2-1-3-7-16)23-18-9-5-4-8-17(18)15-10-12-22-13-11-15/h1-9,14-15,22H,10-13H2,(H,23,25). The third-order valence-corrected chi connectivity index (χ3v) is 5.64. The maximum Gasteiger partial charge on any atom is 0.275 e. The molecular formula is C21H21N3OS. The Kier molecular flexibility index (Phi) is 5.09. The number of thiazole rings is 1. The van der Waals surface area contributed by atoms with Gasteiger partial charge in [0, 0.05) is 16.6 Å². The van der Waals surface area contributed by atoms with Gasteiger partial charge in [-0.2, -0.15) is 0 Å². The largest absolute Gasteiger partial charge is 0.320 e. The highest BCUT2D eigenvalue weighted by molar-refractivity contribution is 7.13. The number of piperidine rings is 1. The van der Waals surface area contributed by atoms with Crippen LogP contribution in [0.15, 0.2) is 60.0 Å². The first kappa shape index (κ1) is 16.9. The van der Waals surface area contributed by atoms with Crippen molar-refractivity contribution in [1.29, 1.82) is 0 Å². The van der Waals surface area contributed by atoms with Crippen molar-refractivity contribution in [3.05, 3.63) is 71.2 Å². The van der Waals surface area contributed by atoms with E-state index >= 15 is 0 Å². The number of amides is 1. The highest BCUT2D eigenvalue weighted by atomic mass is 32.1. The number of aromatic nitrogens is 1. The fourth-order valence-electron chi connectivity index (χ4n) is 3.38. The smallest absolute Gasteiger partial charge is 0.275 e. The van der Waals surface area contributed by atoms with Crippen molar-refractivity contribution in [3.63, 3.8) is 0 Å². The van der Waals surface area contributed by atoms with E-state index in [0.717, 1.165) is 42.2 Å². The molecule has 2 N–H and O–H groups in total. The molecule has 1 aliphatic heterocycles. The zero-order valence-corrected chi connectivity index (χ0v) is 15.3. The topological polar surface area (TPSA) is 54.0 Å². The summed E-state index contributed by atoms with van der Waals surface area (Å²) in [5.41, 5.74) is 3.63. The van der Waals surface area contributed by atoms with Crippen molar-refractivity contribution >= 4 is 22.9 Å². The maximum atomic E-state index is 12.7. The van der Waals surface area contributed by atoms with Crippen molar-refractivity contribution < 1.29 is 4.79 Å². The highest BCUT2D eigenvalue weighted by Crippen LogP contribution is 2.31. The normalized spacial score (nSPS) is 14.9. The molecule has 0 aliphatic carbocycles. The molecule has 1 fully saturated rings.